The third-order valence-electron chi connectivity index (χ3n) is 0.931. The molecule has 0 radical (unpaired) electrons. The molecule has 1 aromatic heterocycles. The highest BCUT2D eigenvalue weighted by Crippen LogP contribution is 2.21. The SMILES string of the molecule is Cc1nc(Br)c(Cl)nc1Cl. The lowest BCUT2D eigenvalue weighted by Crippen LogP contribution is -1.88. The molecule has 0 atom stereocenters. The monoisotopic (exact) mass is 240 g/mol. The standard InChI is InChI=1S/C5H3BrCl2N2/c1-2-4(7)10-5(8)3(6)9-2/h1H3. The van der Waals surface area contributed by atoms with Gasteiger partial charge in [0.2, 0.25) is 0 Å². The van der Waals surface area contributed by atoms with Crippen LogP contribution >= 0.6 is 39.1 Å². The van der Waals surface area contributed by atoms with Crippen LogP contribution in [0.15, 0.2) is 4.60 Å². The highest BCUT2D eigenvalue weighted by Gasteiger charge is 2.03. The molecule has 54 valence electrons. The second-order valence-corrected chi connectivity index (χ2v) is 3.15. The van der Waals surface area contributed by atoms with Crippen molar-refractivity contribution < 1.29 is 0 Å². The van der Waals surface area contributed by atoms with Crippen molar-refractivity contribution in [1.82, 2.24) is 9.97 Å². The van der Waals surface area contributed by atoms with Crippen LogP contribution in [0, 0.1) is 6.92 Å². The van der Waals surface area contributed by atoms with Gasteiger partial charge in [-0.1, -0.05) is 23.2 Å². The Hall–Kier alpha value is 0.140. The predicted octanol–water partition coefficient (Wildman–Crippen LogP) is 2.85. The van der Waals surface area contributed by atoms with Gasteiger partial charge < -0.3 is 0 Å². The second kappa shape index (κ2) is 3.03. The van der Waals surface area contributed by atoms with E-state index in [1.807, 2.05) is 0 Å². The van der Waals surface area contributed by atoms with E-state index in [2.05, 4.69) is 25.9 Å². The van der Waals surface area contributed by atoms with Crippen LogP contribution in [-0.2, 0) is 0 Å². The quantitative estimate of drug-likeness (QED) is 0.698. The fourth-order valence-electron chi connectivity index (χ4n) is 0.453. The molecule has 0 aliphatic rings. The van der Waals surface area contributed by atoms with Crippen molar-refractivity contribution in [3.63, 3.8) is 0 Å². The minimum atomic E-state index is 0.288. The molecule has 0 aromatic carbocycles. The van der Waals surface area contributed by atoms with Crippen LogP contribution in [0.25, 0.3) is 0 Å². The predicted molar refractivity (Wildman–Crippen MR) is 44.5 cm³/mol. The molecule has 5 heteroatoms. The van der Waals surface area contributed by atoms with Crippen LogP contribution in [0.2, 0.25) is 10.3 Å². The van der Waals surface area contributed by atoms with Gasteiger partial charge in [0.25, 0.3) is 0 Å². The Morgan fingerprint density at radius 2 is 1.80 bits per heavy atom. The maximum Gasteiger partial charge on any atom is 0.163 e. The van der Waals surface area contributed by atoms with E-state index in [-0.39, 0.29) is 5.15 Å². The van der Waals surface area contributed by atoms with Gasteiger partial charge in [-0.15, -0.1) is 0 Å². The zero-order valence-corrected chi connectivity index (χ0v) is 8.13. The minimum absolute atomic E-state index is 0.288. The largest absolute Gasteiger partial charge is 0.240 e. The van der Waals surface area contributed by atoms with Crippen molar-refractivity contribution in [3.05, 3.63) is 20.6 Å². The van der Waals surface area contributed by atoms with Crippen molar-refractivity contribution in [2.75, 3.05) is 0 Å². The van der Waals surface area contributed by atoms with Crippen molar-refractivity contribution >= 4 is 39.1 Å². The zero-order chi connectivity index (χ0) is 7.72. The smallest absolute Gasteiger partial charge is 0.163 e. The van der Waals surface area contributed by atoms with E-state index < -0.39 is 0 Å². The molecule has 0 spiro atoms. The topological polar surface area (TPSA) is 25.8 Å². The van der Waals surface area contributed by atoms with Gasteiger partial charge in [-0.2, -0.15) is 0 Å². The molecule has 1 aromatic rings. The number of halogens is 3. The molecule has 0 saturated heterocycles. The lowest BCUT2D eigenvalue weighted by molar-refractivity contribution is 1.09. The third kappa shape index (κ3) is 1.59. The molecule has 0 saturated carbocycles. The molecule has 10 heavy (non-hydrogen) atoms. The summed E-state index contributed by atoms with van der Waals surface area (Å²) in [6.45, 7) is 1.76. The van der Waals surface area contributed by atoms with Crippen molar-refractivity contribution in [3.8, 4) is 0 Å². The summed E-state index contributed by atoms with van der Waals surface area (Å²) in [5.41, 5.74) is 0.665. The molecule has 1 heterocycles. The van der Waals surface area contributed by atoms with Gasteiger partial charge in [-0.25, -0.2) is 9.97 Å². The van der Waals surface area contributed by atoms with Crippen molar-refractivity contribution in [2.45, 2.75) is 6.92 Å². The lowest BCUT2D eigenvalue weighted by atomic mass is 10.5. The summed E-state index contributed by atoms with van der Waals surface area (Å²) in [6, 6.07) is 0. The van der Waals surface area contributed by atoms with Gasteiger partial charge in [0, 0.05) is 0 Å². The van der Waals surface area contributed by atoms with Crippen molar-refractivity contribution in [2.24, 2.45) is 0 Å². The first-order valence-electron chi connectivity index (χ1n) is 2.46. The van der Waals surface area contributed by atoms with Crippen LogP contribution in [0.3, 0.4) is 0 Å². The molecular weight excluding hydrogens is 239 g/mol. The summed E-state index contributed by atoms with van der Waals surface area (Å²) in [7, 11) is 0. The maximum absolute atomic E-state index is 5.61. The summed E-state index contributed by atoms with van der Waals surface area (Å²) in [6.07, 6.45) is 0. The Kier molecular flexibility index (Phi) is 2.50. The molecule has 2 nitrogen and oxygen atoms in total. The lowest BCUT2D eigenvalue weighted by Gasteiger charge is -1.97. The molecule has 0 N–H and O–H groups in total. The number of aryl methyl sites for hydroxylation is 1. The molecule has 0 fully saturated rings. The Morgan fingerprint density at radius 1 is 1.20 bits per heavy atom. The number of nitrogens with zero attached hydrogens (tertiary/aromatic N) is 2. The van der Waals surface area contributed by atoms with Crippen LogP contribution in [0.5, 0.6) is 0 Å². The second-order valence-electron chi connectivity index (χ2n) is 1.68. The first kappa shape index (κ1) is 8.24. The third-order valence-corrected chi connectivity index (χ3v) is 2.33. The number of rotatable bonds is 0. The summed E-state index contributed by atoms with van der Waals surface area (Å²) in [5, 5.41) is 0.629. The van der Waals surface area contributed by atoms with E-state index in [1.165, 1.54) is 0 Å². The fourth-order valence-corrected chi connectivity index (χ4v) is 1.10. The Bertz CT molecular complexity index is 214. The highest BCUT2D eigenvalue weighted by molar-refractivity contribution is 9.10. The van der Waals surface area contributed by atoms with E-state index in [0.29, 0.717) is 15.5 Å². The minimum Gasteiger partial charge on any atom is -0.240 e. The molecule has 0 unspecified atom stereocenters. The van der Waals surface area contributed by atoms with Gasteiger partial charge in [0.15, 0.2) is 10.3 Å². The number of hydrogen-bond acceptors (Lipinski definition) is 2. The average molecular weight is 242 g/mol. The fraction of sp³-hybridized carbons (Fsp3) is 0.200. The maximum atomic E-state index is 5.61. The van der Waals surface area contributed by atoms with Crippen LogP contribution in [-0.4, -0.2) is 9.97 Å². The van der Waals surface area contributed by atoms with Gasteiger partial charge in [0.1, 0.15) is 4.60 Å². The van der Waals surface area contributed by atoms with E-state index >= 15 is 0 Å². The molecule has 0 aliphatic carbocycles. The molecular formula is C5H3BrCl2N2. The van der Waals surface area contributed by atoms with E-state index in [9.17, 15) is 0 Å². The van der Waals surface area contributed by atoms with Crippen LogP contribution in [0.1, 0.15) is 5.69 Å². The van der Waals surface area contributed by atoms with Crippen LogP contribution < -0.4 is 0 Å². The van der Waals surface area contributed by atoms with Gasteiger partial charge in [-0.05, 0) is 22.9 Å². The van der Waals surface area contributed by atoms with E-state index in [0.717, 1.165) is 0 Å². The van der Waals surface area contributed by atoms with Crippen LogP contribution in [0.4, 0.5) is 0 Å². The summed E-state index contributed by atoms with van der Waals surface area (Å²) in [4.78, 5) is 7.76. The number of aromatic nitrogens is 2. The van der Waals surface area contributed by atoms with Crippen molar-refractivity contribution in [1.29, 1.82) is 0 Å². The summed E-state index contributed by atoms with van der Waals surface area (Å²) >= 11 is 14.3. The summed E-state index contributed by atoms with van der Waals surface area (Å²) in [5.74, 6) is 0. The zero-order valence-electron chi connectivity index (χ0n) is 5.03. The Morgan fingerprint density at radius 3 is 2.30 bits per heavy atom. The Labute approximate surface area is 76.7 Å². The first-order valence-corrected chi connectivity index (χ1v) is 4.01. The summed E-state index contributed by atoms with van der Waals surface area (Å²) < 4.78 is 0.524. The molecule has 0 aliphatic heterocycles. The molecule has 0 amide bonds. The van der Waals surface area contributed by atoms with Gasteiger partial charge in [-0.3, -0.25) is 0 Å². The first-order chi connectivity index (χ1) is 4.61. The Balaban J connectivity index is 3.28. The number of hydrogen-bond donors (Lipinski definition) is 0. The molecule has 1 rings (SSSR count). The highest BCUT2D eigenvalue weighted by atomic mass is 79.9. The normalized spacial score (nSPS) is 10.0. The van der Waals surface area contributed by atoms with Gasteiger partial charge in [0.05, 0.1) is 5.69 Å². The van der Waals surface area contributed by atoms with Gasteiger partial charge >= 0.3 is 0 Å². The van der Waals surface area contributed by atoms with E-state index in [4.69, 9.17) is 23.2 Å². The molecule has 0 bridgehead atoms. The average Bonchev–Trinajstić information content (AvgIpc) is 1.84. The van der Waals surface area contributed by atoms with E-state index in [1.54, 1.807) is 6.92 Å².